The van der Waals surface area contributed by atoms with Crippen molar-refractivity contribution >= 4 is 5.96 Å². The summed E-state index contributed by atoms with van der Waals surface area (Å²) < 4.78 is 2.25. The van der Waals surface area contributed by atoms with Gasteiger partial charge in [0.2, 0.25) is 0 Å². The van der Waals surface area contributed by atoms with E-state index in [1.165, 1.54) is 11.1 Å². The maximum absolute atomic E-state index is 4.97. The van der Waals surface area contributed by atoms with Crippen LogP contribution in [-0.2, 0) is 13.1 Å². The Balaban J connectivity index is 1.65. The average Bonchev–Trinajstić information content (AvgIpc) is 3.31. The number of rotatable bonds is 8. The molecule has 0 aliphatic carbocycles. The summed E-state index contributed by atoms with van der Waals surface area (Å²) in [7, 11) is 0. The molecule has 1 aromatic heterocycles. The van der Waals surface area contributed by atoms with Gasteiger partial charge in [0, 0.05) is 38.6 Å². The molecule has 2 atom stereocenters. The third-order valence-corrected chi connectivity index (χ3v) is 6.20. The Hall–Kier alpha value is -2.34. The summed E-state index contributed by atoms with van der Waals surface area (Å²) in [5, 5.41) is 3.50. The van der Waals surface area contributed by atoms with E-state index >= 15 is 0 Å². The first-order valence-corrected chi connectivity index (χ1v) is 11.4. The van der Waals surface area contributed by atoms with Crippen molar-refractivity contribution in [1.82, 2.24) is 24.7 Å². The summed E-state index contributed by atoms with van der Waals surface area (Å²) in [4.78, 5) is 14.1. The van der Waals surface area contributed by atoms with E-state index in [0.29, 0.717) is 18.5 Å². The maximum atomic E-state index is 4.97. The monoisotopic (exact) mass is 410 g/mol. The van der Waals surface area contributed by atoms with Gasteiger partial charge in [0.25, 0.3) is 0 Å². The maximum Gasteiger partial charge on any atom is 0.194 e. The molecule has 0 radical (unpaired) electrons. The number of aromatic nitrogens is 2. The van der Waals surface area contributed by atoms with Crippen LogP contribution in [0.3, 0.4) is 0 Å². The van der Waals surface area contributed by atoms with E-state index in [0.717, 1.165) is 51.6 Å². The number of imidazole rings is 1. The lowest BCUT2D eigenvalue weighted by atomic mass is 9.93. The molecule has 6 nitrogen and oxygen atoms in total. The standard InChI is InChI=1S/C24H38N6/c1-5-26-24(29-14-12-20(4)23(18-29)30-15-13-25-19-30)27-16-21-8-10-22(11-9-21)17-28(6-2)7-3/h8-11,13,15,19-20,23H,5-7,12,14,16-18H2,1-4H3,(H,26,27). The van der Waals surface area contributed by atoms with E-state index < -0.39 is 0 Å². The summed E-state index contributed by atoms with van der Waals surface area (Å²) in [5.74, 6) is 1.65. The van der Waals surface area contributed by atoms with E-state index in [4.69, 9.17) is 4.99 Å². The van der Waals surface area contributed by atoms with Crippen LogP contribution in [0.1, 0.15) is 51.3 Å². The smallest absolute Gasteiger partial charge is 0.194 e. The minimum atomic E-state index is 0.435. The summed E-state index contributed by atoms with van der Waals surface area (Å²) in [6, 6.07) is 9.36. The second kappa shape index (κ2) is 11.2. The predicted molar refractivity (Wildman–Crippen MR) is 125 cm³/mol. The molecular formula is C24H38N6. The number of nitrogens with zero attached hydrogens (tertiary/aromatic N) is 5. The van der Waals surface area contributed by atoms with Crippen LogP contribution in [-0.4, -0.2) is 58.0 Å². The minimum Gasteiger partial charge on any atom is -0.357 e. The van der Waals surface area contributed by atoms with Crippen molar-refractivity contribution in [3.8, 4) is 0 Å². The Kier molecular flexibility index (Phi) is 8.31. The second-order valence-electron chi connectivity index (χ2n) is 8.24. The zero-order valence-electron chi connectivity index (χ0n) is 19.1. The Morgan fingerprint density at radius 1 is 1.17 bits per heavy atom. The van der Waals surface area contributed by atoms with Crippen LogP contribution in [0.15, 0.2) is 48.0 Å². The van der Waals surface area contributed by atoms with E-state index in [2.05, 4.69) is 82.8 Å². The van der Waals surface area contributed by atoms with E-state index in [1.54, 1.807) is 0 Å². The molecule has 2 heterocycles. The zero-order chi connectivity index (χ0) is 21.3. The van der Waals surface area contributed by atoms with Crippen LogP contribution in [0.4, 0.5) is 0 Å². The Morgan fingerprint density at radius 3 is 2.53 bits per heavy atom. The van der Waals surface area contributed by atoms with Gasteiger partial charge < -0.3 is 14.8 Å². The molecule has 0 amide bonds. The van der Waals surface area contributed by atoms with E-state index in [-0.39, 0.29) is 0 Å². The number of aliphatic imine (C=N–C) groups is 1. The average molecular weight is 411 g/mol. The van der Waals surface area contributed by atoms with Gasteiger partial charge in [-0.3, -0.25) is 4.90 Å². The molecule has 3 rings (SSSR count). The van der Waals surface area contributed by atoms with Gasteiger partial charge in [-0.15, -0.1) is 0 Å². The van der Waals surface area contributed by atoms with E-state index in [1.807, 2.05) is 12.5 Å². The molecule has 0 bridgehead atoms. The van der Waals surface area contributed by atoms with Crippen LogP contribution in [0.25, 0.3) is 0 Å². The number of hydrogen-bond donors (Lipinski definition) is 1. The van der Waals surface area contributed by atoms with Gasteiger partial charge in [0.15, 0.2) is 5.96 Å². The van der Waals surface area contributed by atoms with Crippen LogP contribution in [0.5, 0.6) is 0 Å². The lowest BCUT2D eigenvalue weighted by Gasteiger charge is -2.39. The van der Waals surface area contributed by atoms with Gasteiger partial charge in [-0.05, 0) is 43.5 Å². The largest absolute Gasteiger partial charge is 0.357 e. The van der Waals surface area contributed by atoms with Crippen molar-refractivity contribution in [2.45, 2.75) is 53.2 Å². The van der Waals surface area contributed by atoms with Crippen molar-refractivity contribution in [3.63, 3.8) is 0 Å². The highest BCUT2D eigenvalue weighted by atomic mass is 15.3. The van der Waals surface area contributed by atoms with Gasteiger partial charge in [0.05, 0.1) is 18.9 Å². The third kappa shape index (κ3) is 5.85. The molecule has 1 aliphatic rings. The topological polar surface area (TPSA) is 48.7 Å². The van der Waals surface area contributed by atoms with Crippen molar-refractivity contribution < 1.29 is 0 Å². The SMILES string of the molecule is CCNC(=NCc1ccc(CN(CC)CC)cc1)N1CCC(C)C(n2ccnc2)C1. The molecule has 0 saturated carbocycles. The zero-order valence-corrected chi connectivity index (χ0v) is 19.1. The fraction of sp³-hybridized carbons (Fsp3) is 0.583. The summed E-state index contributed by atoms with van der Waals surface area (Å²) >= 11 is 0. The Labute approximate surface area is 182 Å². The third-order valence-electron chi connectivity index (χ3n) is 6.20. The molecule has 2 aromatic rings. The van der Waals surface area contributed by atoms with Gasteiger partial charge in [0.1, 0.15) is 0 Å². The fourth-order valence-electron chi connectivity index (χ4n) is 4.14. The molecule has 6 heteroatoms. The van der Waals surface area contributed by atoms with E-state index in [9.17, 15) is 0 Å². The highest BCUT2D eigenvalue weighted by Gasteiger charge is 2.28. The van der Waals surface area contributed by atoms with Crippen molar-refractivity contribution in [2.24, 2.45) is 10.9 Å². The molecule has 164 valence electrons. The molecule has 30 heavy (non-hydrogen) atoms. The molecule has 0 spiro atoms. The normalized spacial score (nSPS) is 20.0. The van der Waals surface area contributed by atoms with Gasteiger partial charge in [-0.2, -0.15) is 0 Å². The number of guanidine groups is 1. The molecule has 1 N–H and O–H groups in total. The number of piperidine rings is 1. The van der Waals surface area contributed by atoms with Gasteiger partial charge >= 0.3 is 0 Å². The highest BCUT2D eigenvalue weighted by molar-refractivity contribution is 5.80. The van der Waals surface area contributed by atoms with Crippen LogP contribution in [0, 0.1) is 5.92 Å². The number of benzene rings is 1. The predicted octanol–water partition coefficient (Wildman–Crippen LogP) is 3.77. The Bertz CT molecular complexity index is 764. The first-order valence-electron chi connectivity index (χ1n) is 11.4. The first-order chi connectivity index (χ1) is 14.6. The molecule has 1 fully saturated rings. The molecule has 1 aliphatic heterocycles. The number of nitrogens with one attached hydrogen (secondary N) is 1. The molecule has 2 unspecified atom stereocenters. The quantitative estimate of drug-likeness (QED) is 0.532. The van der Waals surface area contributed by atoms with Gasteiger partial charge in [-0.1, -0.05) is 45.0 Å². The lowest BCUT2D eigenvalue weighted by molar-refractivity contribution is 0.189. The van der Waals surface area contributed by atoms with Gasteiger partial charge in [-0.25, -0.2) is 9.98 Å². The second-order valence-corrected chi connectivity index (χ2v) is 8.24. The van der Waals surface area contributed by atoms with Crippen molar-refractivity contribution in [1.29, 1.82) is 0 Å². The van der Waals surface area contributed by atoms with Crippen molar-refractivity contribution in [2.75, 3.05) is 32.7 Å². The minimum absolute atomic E-state index is 0.435. The summed E-state index contributed by atoms with van der Waals surface area (Å²) in [5.41, 5.74) is 2.62. The molecular weight excluding hydrogens is 372 g/mol. The first kappa shape index (κ1) is 22.3. The summed E-state index contributed by atoms with van der Waals surface area (Å²) in [6.45, 7) is 15.7. The summed E-state index contributed by atoms with van der Waals surface area (Å²) in [6.07, 6.45) is 7.05. The molecule has 1 aromatic carbocycles. The Morgan fingerprint density at radius 2 is 1.90 bits per heavy atom. The van der Waals surface area contributed by atoms with Crippen molar-refractivity contribution in [3.05, 3.63) is 54.1 Å². The number of hydrogen-bond acceptors (Lipinski definition) is 3. The highest BCUT2D eigenvalue weighted by Crippen LogP contribution is 2.27. The van der Waals surface area contributed by atoms with Crippen LogP contribution in [0.2, 0.25) is 0 Å². The molecule has 1 saturated heterocycles. The van der Waals surface area contributed by atoms with Crippen LogP contribution >= 0.6 is 0 Å². The number of likely N-dealkylation sites (tertiary alicyclic amines) is 1. The fourth-order valence-corrected chi connectivity index (χ4v) is 4.14. The van der Waals surface area contributed by atoms with Crippen LogP contribution < -0.4 is 5.32 Å². The lowest BCUT2D eigenvalue weighted by Crippen LogP contribution is -2.49.